The highest BCUT2D eigenvalue weighted by Gasteiger charge is 2.43. The normalized spacial score (nSPS) is 17.6. The highest BCUT2D eigenvalue weighted by molar-refractivity contribution is 6.14. The first-order valence-corrected chi connectivity index (χ1v) is 9.56. The molecule has 0 spiro atoms. The lowest BCUT2D eigenvalue weighted by atomic mass is 10.1. The Labute approximate surface area is 169 Å². The maximum atomic E-state index is 12.7. The van der Waals surface area contributed by atoms with E-state index in [0.29, 0.717) is 23.4 Å². The molecule has 7 nitrogen and oxygen atoms in total. The van der Waals surface area contributed by atoms with Crippen molar-refractivity contribution in [2.75, 3.05) is 18.1 Å². The van der Waals surface area contributed by atoms with Crippen LogP contribution < -0.4 is 9.64 Å². The van der Waals surface area contributed by atoms with Crippen LogP contribution >= 0.6 is 0 Å². The molecular formula is C22H24N2O5. The fourth-order valence-corrected chi connectivity index (χ4v) is 3.21. The number of urea groups is 1. The third-order valence-corrected chi connectivity index (χ3v) is 4.82. The number of ketones is 1. The molecular weight excluding hydrogens is 372 g/mol. The summed E-state index contributed by atoms with van der Waals surface area (Å²) < 4.78 is 5.53. The van der Waals surface area contributed by atoms with Crippen LogP contribution in [0.25, 0.3) is 0 Å². The second kappa shape index (κ2) is 8.87. The standard InChI is InChI=1S/C22H24N2O5/c1-3-20(26)16-9-11-19(12-10-16)29-14-18(25)13-23-21(27)15(2)24(22(23)28)17-7-5-4-6-8-17/h4-12,15,18,25H,3,13-14H2,1-2H3/t15-,18+/m1/s1. The molecule has 3 amide bonds. The number of ether oxygens (including phenoxy) is 1. The SMILES string of the molecule is CCC(=O)c1ccc(OC[C@@H](O)CN2C(=O)[C@@H](C)N(c3ccccc3)C2=O)cc1. The third kappa shape index (κ3) is 4.46. The van der Waals surface area contributed by atoms with Crippen LogP contribution in [0.5, 0.6) is 5.75 Å². The maximum absolute atomic E-state index is 12.7. The Morgan fingerprint density at radius 3 is 2.38 bits per heavy atom. The molecule has 1 fully saturated rings. The summed E-state index contributed by atoms with van der Waals surface area (Å²) in [5, 5.41) is 10.3. The summed E-state index contributed by atoms with van der Waals surface area (Å²) >= 11 is 0. The molecule has 1 N–H and O–H groups in total. The number of carbonyl (C=O) groups excluding carboxylic acids is 3. The molecule has 2 atom stereocenters. The van der Waals surface area contributed by atoms with E-state index in [1.165, 1.54) is 4.90 Å². The summed E-state index contributed by atoms with van der Waals surface area (Å²) in [6.45, 7) is 3.22. The van der Waals surface area contributed by atoms with Gasteiger partial charge in [-0.15, -0.1) is 0 Å². The molecule has 0 bridgehead atoms. The molecule has 0 aromatic heterocycles. The van der Waals surface area contributed by atoms with Gasteiger partial charge in [0.2, 0.25) is 0 Å². The monoisotopic (exact) mass is 396 g/mol. The fourth-order valence-electron chi connectivity index (χ4n) is 3.21. The van der Waals surface area contributed by atoms with E-state index in [0.717, 1.165) is 4.90 Å². The Hall–Kier alpha value is -3.19. The molecule has 1 heterocycles. The number of imide groups is 1. The summed E-state index contributed by atoms with van der Waals surface area (Å²) in [5.74, 6) is 0.176. The first kappa shape index (κ1) is 20.5. The quantitative estimate of drug-likeness (QED) is 0.548. The predicted octanol–water partition coefficient (Wildman–Crippen LogP) is 2.88. The van der Waals surface area contributed by atoms with Crippen molar-refractivity contribution >= 4 is 23.4 Å². The van der Waals surface area contributed by atoms with Crippen LogP contribution in [-0.4, -0.2) is 53.0 Å². The fraction of sp³-hybridized carbons (Fsp3) is 0.318. The van der Waals surface area contributed by atoms with Crippen LogP contribution in [0, 0.1) is 0 Å². The smallest absolute Gasteiger partial charge is 0.332 e. The number of benzene rings is 2. The number of hydrogen-bond acceptors (Lipinski definition) is 5. The molecule has 3 rings (SSSR count). The number of rotatable bonds is 8. The summed E-state index contributed by atoms with van der Waals surface area (Å²) in [5.41, 5.74) is 1.23. The molecule has 0 saturated carbocycles. The van der Waals surface area contributed by atoms with Gasteiger partial charge in [-0.3, -0.25) is 19.4 Å². The number of aliphatic hydroxyl groups is 1. The summed E-state index contributed by atoms with van der Waals surface area (Å²) in [4.78, 5) is 39.3. The number of para-hydroxylation sites is 1. The van der Waals surface area contributed by atoms with Gasteiger partial charge in [-0.2, -0.15) is 0 Å². The zero-order valence-corrected chi connectivity index (χ0v) is 16.4. The van der Waals surface area contributed by atoms with Gasteiger partial charge in [-0.1, -0.05) is 25.1 Å². The van der Waals surface area contributed by atoms with E-state index < -0.39 is 18.2 Å². The van der Waals surface area contributed by atoms with Gasteiger partial charge in [0.1, 0.15) is 24.5 Å². The second-order valence-corrected chi connectivity index (χ2v) is 6.88. The number of hydrogen-bond donors (Lipinski definition) is 1. The van der Waals surface area contributed by atoms with E-state index in [1.807, 2.05) is 6.07 Å². The molecule has 0 unspecified atom stereocenters. The lowest BCUT2D eigenvalue weighted by Crippen LogP contribution is -2.40. The van der Waals surface area contributed by atoms with E-state index in [9.17, 15) is 19.5 Å². The van der Waals surface area contributed by atoms with Gasteiger partial charge >= 0.3 is 6.03 Å². The zero-order chi connectivity index (χ0) is 21.0. The maximum Gasteiger partial charge on any atom is 0.332 e. The van der Waals surface area contributed by atoms with Crippen molar-refractivity contribution in [3.8, 4) is 5.75 Å². The van der Waals surface area contributed by atoms with Gasteiger partial charge in [0.15, 0.2) is 5.78 Å². The number of amides is 3. The van der Waals surface area contributed by atoms with Crippen molar-refractivity contribution in [2.45, 2.75) is 32.4 Å². The Morgan fingerprint density at radius 1 is 1.10 bits per heavy atom. The van der Waals surface area contributed by atoms with E-state index in [1.54, 1.807) is 62.4 Å². The first-order valence-electron chi connectivity index (χ1n) is 9.56. The van der Waals surface area contributed by atoms with Crippen LogP contribution in [0.15, 0.2) is 54.6 Å². The van der Waals surface area contributed by atoms with Crippen molar-refractivity contribution < 1.29 is 24.2 Å². The molecule has 1 saturated heterocycles. The number of Topliss-reactive ketones (excluding diaryl/α,β-unsaturated/α-hetero) is 1. The first-order chi connectivity index (χ1) is 13.9. The van der Waals surface area contributed by atoms with Crippen molar-refractivity contribution in [1.29, 1.82) is 0 Å². The van der Waals surface area contributed by atoms with Crippen molar-refractivity contribution in [3.63, 3.8) is 0 Å². The average Bonchev–Trinajstić information content (AvgIpc) is 2.95. The van der Waals surface area contributed by atoms with Crippen molar-refractivity contribution in [1.82, 2.24) is 4.90 Å². The van der Waals surface area contributed by atoms with Gasteiger partial charge in [-0.05, 0) is 43.3 Å². The van der Waals surface area contributed by atoms with Gasteiger partial charge in [0.25, 0.3) is 5.91 Å². The Kier molecular flexibility index (Phi) is 6.29. The molecule has 1 aliphatic heterocycles. The van der Waals surface area contributed by atoms with Gasteiger partial charge < -0.3 is 9.84 Å². The van der Waals surface area contributed by atoms with E-state index in [4.69, 9.17) is 4.74 Å². The molecule has 29 heavy (non-hydrogen) atoms. The highest BCUT2D eigenvalue weighted by Crippen LogP contribution is 2.25. The third-order valence-electron chi connectivity index (χ3n) is 4.82. The van der Waals surface area contributed by atoms with Gasteiger partial charge in [0.05, 0.1) is 6.54 Å². The summed E-state index contributed by atoms with van der Waals surface area (Å²) in [6, 6.07) is 14.5. The molecule has 1 aliphatic rings. The van der Waals surface area contributed by atoms with Gasteiger partial charge in [-0.25, -0.2) is 4.79 Å². The molecule has 0 aliphatic carbocycles. The minimum absolute atomic E-state index is 0.0414. The zero-order valence-electron chi connectivity index (χ0n) is 16.4. The molecule has 7 heteroatoms. The Bertz CT molecular complexity index is 882. The van der Waals surface area contributed by atoms with Crippen molar-refractivity contribution in [2.24, 2.45) is 0 Å². The topological polar surface area (TPSA) is 87.2 Å². The molecule has 0 radical (unpaired) electrons. The summed E-state index contributed by atoms with van der Waals surface area (Å²) in [6.07, 6.45) is -0.613. The molecule has 2 aromatic rings. The predicted molar refractivity (Wildman–Crippen MR) is 108 cm³/mol. The number of anilines is 1. The second-order valence-electron chi connectivity index (χ2n) is 6.88. The number of nitrogens with zero attached hydrogens (tertiary/aromatic N) is 2. The summed E-state index contributed by atoms with van der Waals surface area (Å²) in [7, 11) is 0. The average molecular weight is 396 g/mol. The Balaban J connectivity index is 1.59. The molecule has 152 valence electrons. The van der Waals surface area contributed by atoms with Gasteiger partial charge in [0, 0.05) is 17.7 Å². The van der Waals surface area contributed by atoms with E-state index in [-0.39, 0.29) is 24.8 Å². The van der Waals surface area contributed by atoms with E-state index >= 15 is 0 Å². The minimum Gasteiger partial charge on any atom is -0.491 e. The van der Waals surface area contributed by atoms with Crippen LogP contribution in [0.1, 0.15) is 30.6 Å². The number of aliphatic hydroxyl groups excluding tert-OH is 1. The van der Waals surface area contributed by atoms with Crippen molar-refractivity contribution in [3.05, 3.63) is 60.2 Å². The highest BCUT2D eigenvalue weighted by atomic mass is 16.5. The number of carbonyl (C=O) groups is 3. The lowest BCUT2D eigenvalue weighted by Gasteiger charge is -2.20. The van der Waals surface area contributed by atoms with Crippen LogP contribution in [-0.2, 0) is 4.79 Å². The van der Waals surface area contributed by atoms with E-state index in [2.05, 4.69) is 0 Å². The minimum atomic E-state index is -1.04. The van der Waals surface area contributed by atoms with Crippen LogP contribution in [0.3, 0.4) is 0 Å². The number of β-amino-alcohol motifs (C(OH)–C–C–N with tert-alkyl or cyclic N) is 1. The Morgan fingerprint density at radius 2 is 1.76 bits per heavy atom. The largest absolute Gasteiger partial charge is 0.491 e. The van der Waals surface area contributed by atoms with Crippen LogP contribution in [0.2, 0.25) is 0 Å². The lowest BCUT2D eigenvalue weighted by molar-refractivity contribution is -0.128. The molecule has 2 aromatic carbocycles. The van der Waals surface area contributed by atoms with Crippen LogP contribution in [0.4, 0.5) is 10.5 Å².